The third-order valence-electron chi connectivity index (χ3n) is 5.94. The first kappa shape index (κ1) is 16.2. The van der Waals surface area contributed by atoms with Crippen molar-refractivity contribution in [3.8, 4) is 5.75 Å². The van der Waals surface area contributed by atoms with Crippen LogP contribution in [0, 0.1) is 5.41 Å². The number of esters is 1. The van der Waals surface area contributed by atoms with Crippen molar-refractivity contribution in [2.75, 3.05) is 14.2 Å². The quantitative estimate of drug-likeness (QED) is 0.852. The largest absolute Gasteiger partial charge is 0.497 e. The maximum Gasteiger partial charge on any atom is 0.334 e. The smallest absolute Gasteiger partial charge is 0.334 e. The minimum absolute atomic E-state index is 0.333. The highest BCUT2D eigenvalue weighted by molar-refractivity contribution is 6.03. The van der Waals surface area contributed by atoms with E-state index in [0.717, 1.165) is 35.1 Å². The highest BCUT2D eigenvalue weighted by Crippen LogP contribution is 2.55. The molecule has 0 heterocycles. The first-order valence-corrected chi connectivity index (χ1v) is 8.59. The lowest BCUT2D eigenvalue weighted by molar-refractivity contribution is -0.136. The van der Waals surface area contributed by atoms with Crippen molar-refractivity contribution in [3.05, 3.63) is 47.0 Å². The predicted octanol–water partition coefficient (Wildman–Crippen LogP) is 3.49. The molecule has 0 aromatic heterocycles. The molecule has 1 N–H and O–H groups in total. The Morgan fingerprint density at radius 2 is 2.04 bits per heavy atom. The normalized spacial score (nSPS) is 24.9. The fourth-order valence-electron chi connectivity index (χ4n) is 4.49. The second kappa shape index (κ2) is 5.60. The number of aryl methyl sites for hydroxylation is 1. The first-order valence-electron chi connectivity index (χ1n) is 8.59. The Hall–Kier alpha value is -2.33. The number of aliphatic hydroxyl groups is 1. The van der Waals surface area contributed by atoms with E-state index >= 15 is 0 Å². The van der Waals surface area contributed by atoms with E-state index in [2.05, 4.69) is 25.1 Å². The minimum Gasteiger partial charge on any atom is -0.497 e. The van der Waals surface area contributed by atoms with E-state index in [4.69, 9.17) is 9.47 Å². The van der Waals surface area contributed by atoms with Crippen LogP contribution in [0.25, 0.3) is 16.3 Å². The van der Waals surface area contributed by atoms with Crippen LogP contribution in [-0.4, -0.2) is 31.4 Å². The number of aliphatic hydroxyl groups excluding tert-OH is 1. The summed E-state index contributed by atoms with van der Waals surface area (Å²) in [6.07, 6.45) is 1.52. The Morgan fingerprint density at radius 3 is 2.76 bits per heavy atom. The average molecular weight is 338 g/mol. The number of hydrogen-bond acceptors (Lipinski definition) is 4. The highest BCUT2D eigenvalue weighted by Gasteiger charge is 2.49. The number of fused-ring (bicyclic) bond motifs is 5. The summed E-state index contributed by atoms with van der Waals surface area (Å²) in [5.74, 6) is 0.499. The molecule has 25 heavy (non-hydrogen) atoms. The summed E-state index contributed by atoms with van der Waals surface area (Å²) in [5, 5.41) is 12.9. The molecule has 4 nitrogen and oxygen atoms in total. The van der Waals surface area contributed by atoms with E-state index in [-0.39, 0.29) is 5.97 Å². The van der Waals surface area contributed by atoms with Gasteiger partial charge in [0.1, 0.15) is 5.75 Å². The summed E-state index contributed by atoms with van der Waals surface area (Å²) in [5.41, 5.74) is 3.50. The van der Waals surface area contributed by atoms with Gasteiger partial charge in [-0.05, 0) is 52.4 Å². The number of carbonyl (C=O) groups is 1. The van der Waals surface area contributed by atoms with Crippen molar-refractivity contribution in [3.63, 3.8) is 0 Å². The second-order valence-corrected chi connectivity index (χ2v) is 7.16. The monoisotopic (exact) mass is 338 g/mol. The summed E-state index contributed by atoms with van der Waals surface area (Å²) in [4.78, 5) is 12.3. The van der Waals surface area contributed by atoms with Gasteiger partial charge in [0.05, 0.1) is 20.3 Å². The van der Waals surface area contributed by atoms with Crippen LogP contribution in [0.4, 0.5) is 0 Å². The van der Waals surface area contributed by atoms with Gasteiger partial charge in [-0.3, -0.25) is 0 Å². The van der Waals surface area contributed by atoms with Crippen LogP contribution in [0.15, 0.2) is 35.9 Å². The predicted molar refractivity (Wildman–Crippen MR) is 96.5 cm³/mol. The molecule has 0 unspecified atom stereocenters. The molecule has 2 aromatic carbocycles. The molecule has 0 radical (unpaired) electrons. The molecule has 0 saturated heterocycles. The van der Waals surface area contributed by atoms with Gasteiger partial charge in [0.15, 0.2) is 0 Å². The summed E-state index contributed by atoms with van der Waals surface area (Å²) in [6, 6.07) is 10.2. The highest BCUT2D eigenvalue weighted by atomic mass is 16.5. The van der Waals surface area contributed by atoms with Crippen LogP contribution in [-0.2, 0) is 16.0 Å². The standard InChI is InChI=1S/C21H22O4/c1-21-9-8-15-14-7-5-13(24-2)10-12(14)4-6-16(15)19(21)17(11-18(21)22)20(23)25-3/h4-7,10,18,22H,8-9,11H2,1-3H3/t18-,21+/m0/s1. The summed E-state index contributed by atoms with van der Waals surface area (Å²) < 4.78 is 10.3. The number of carbonyl (C=O) groups excluding carboxylic acids is 1. The molecular weight excluding hydrogens is 316 g/mol. The minimum atomic E-state index is -0.545. The molecule has 0 fully saturated rings. The van der Waals surface area contributed by atoms with Gasteiger partial charge in [0.25, 0.3) is 0 Å². The van der Waals surface area contributed by atoms with Crippen LogP contribution in [0.3, 0.4) is 0 Å². The zero-order valence-corrected chi connectivity index (χ0v) is 14.8. The number of ether oxygens (including phenoxy) is 2. The third kappa shape index (κ3) is 2.20. The van der Waals surface area contributed by atoms with Gasteiger partial charge >= 0.3 is 5.97 Å². The Balaban J connectivity index is 1.98. The number of benzene rings is 2. The summed E-state index contributed by atoms with van der Waals surface area (Å²) in [7, 11) is 3.06. The molecule has 0 saturated carbocycles. The molecule has 0 spiro atoms. The zero-order chi connectivity index (χ0) is 17.8. The van der Waals surface area contributed by atoms with Crippen molar-refractivity contribution in [2.24, 2.45) is 5.41 Å². The van der Waals surface area contributed by atoms with Crippen molar-refractivity contribution in [1.29, 1.82) is 0 Å². The lowest BCUT2D eigenvalue weighted by Gasteiger charge is -2.37. The maximum atomic E-state index is 12.3. The fourth-order valence-corrected chi connectivity index (χ4v) is 4.49. The topological polar surface area (TPSA) is 55.8 Å². The molecule has 130 valence electrons. The molecule has 2 aromatic rings. The SMILES string of the molecule is COC(=O)C1=C2c3ccc4cc(OC)ccc4c3CC[C@]2(C)[C@@H](O)C1. The summed E-state index contributed by atoms with van der Waals surface area (Å²) in [6.45, 7) is 2.06. The van der Waals surface area contributed by atoms with Crippen LogP contribution in [0.5, 0.6) is 5.75 Å². The van der Waals surface area contributed by atoms with Gasteiger partial charge in [-0.2, -0.15) is 0 Å². The number of hydrogen-bond donors (Lipinski definition) is 1. The van der Waals surface area contributed by atoms with Gasteiger partial charge in [-0.25, -0.2) is 4.79 Å². The van der Waals surface area contributed by atoms with Crippen molar-refractivity contribution >= 4 is 22.3 Å². The van der Waals surface area contributed by atoms with E-state index in [1.807, 2.05) is 12.1 Å². The van der Waals surface area contributed by atoms with Gasteiger partial charge in [-0.15, -0.1) is 0 Å². The van der Waals surface area contributed by atoms with E-state index < -0.39 is 11.5 Å². The van der Waals surface area contributed by atoms with Gasteiger partial charge < -0.3 is 14.6 Å². The third-order valence-corrected chi connectivity index (χ3v) is 5.94. The molecule has 2 atom stereocenters. The van der Waals surface area contributed by atoms with Gasteiger partial charge in [0.2, 0.25) is 0 Å². The van der Waals surface area contributed by atoms with Crippen LogP contribution < -0.4 is 4.74 Å². The zero-order valence-electron chi connectivity index (χ0n) is 14.8. The average Bonchev–Trinajstić information content (AvgIpc) is 2.91. The Kier molecular flexibility index (Phi) is 3.62. The van der Waals surface area contributed by atoms with E-state index in [9.17, 15) is 9.90 Å². The number of methoxy groups -OCH3 is 2. The van der Waals surface area contributed by atoms with Gasteiger partial charge in [0, 0.05) is 17.4 Å². The Morgan fingerprint density at radius 1 is 1.24 bits per heavy atom. The lowest BCUT2D eigenvalue weighted by Crippen LogP contribution is -2.32. The Bertz CT molecular complexity index is 911. The van der Waals surface area contributed by atoms with Crippen molar-refractivity contribution in [1.82, 2.24) is 0 Å². The van der Waals surface area contributed by atoms with E-state index in [0.29, 0.717) is 12.0 Å². The van der Waals surface area contributed by atoms with Crippen molar-refractivity contribution < 1.29 is 19.4 Å². The van der Waals surface area contributed by atoms with Crippen molar-refractivity contribution in [2.45, 2.75) is 32.3 Å². The molecular formula is C21H22O4. The van der Waals surface area contributed by atoms with Crippen LogP contribution in [0.1, 0.15) is 30.9 Å². The lowest BCUT2D eigenvalue weighted by atomic mass is 9.68. The molecule has 4 heteroatoms. The first-order chi connectivity index (χ1) is 12.0. The van der Waals surface area contributed by atoms with Crippen LogP contribution >= 0.6 is 0 Å². The van der Waals surface area contributed by atoms with E-state index in [1.54, 1.807) is 7.11 Å². The molecule has 4 rings (SSSR count). The van der Waals surface area contributed by atoms with Crippen LogP contribution in [0.2, 0.25) is 0 Å². The fraction of sp³-hybridized carbons (Fsp3) is 0.381. The molecule has 0 bridgehead atoms. The van der Waals surface area contributed by atoms with E-state index in [1.165, 1.54) is 18.1 Å². The molecule has 0 amide bonds. The molecule has 0 aliphatic heterocycles. The van der Waals surface area contributed by atoms with Gasteiger partial charge in [-0.1, -0.05) is 25.1 Å². The Labute approximate surface area is 147 Å². The molecule has 2 aliphatic rings. The summed E-state index contributed by atoms with van der Waals surface area (Å²) >= 11 is 0. The second-order valence-electron chi connectivity index (χ2n) is 7.16. The number of rotatable bonds is 2. The molecule has 2 aliphatic carbocycles. The maximum absolute atomic E-state index is 12.3.